The van der Waals surface area contributed by atoms with Gasteiger partial charge in [0.25, 0.3) is 0 Å². The SMILES string of the molecule is C[C@H]1[C@H](C)CCC[C@H]1NC(=O)CN1CCN(CC(=O)Nc2ccc(Cl)c(C(F)(F)F)c2)CC1. The molecule has 0 unspecified atom stereocenters. The molecule has 0 radical (unpaired) electrons. The van der Waals surface area contributed by atoms with Crippen molar-refractivity contribution in [2.75, 3.05) is 44.6 Å². The van der Waals surface area contributed by atoms with Gasteiger partial charge in [0, 0.05) is 37.9 Å². The maximum absolute atomic E-state index is 13.0. The van der Waals surface area contributed by atoms with Gasteiger partial charge in [0.1, 0.15) is 0 Å². The van der Waals surface area contributed by atoms with Crippen LogP contribution in [0.15, 0.2) is 18.2 Å². The zero-order valence-corrected chi connectivity index (χ0v) is 19.8. The predicted octanol–water partition coefficient (Wildman–Crippen LogP) is 3.86. The van der Waals surface area contributed by atoms with Crippen LogP contribution >= 0.6 is 11.6 Å². The number of amides is 2. The fraction of sp³-hybridized carbons (Fsp3) is 0.652. The monoisotopic (exact) mass is 488 g/mol. The Morgan fingerprint density at radius 3 is 2.24 bits per heavy atom. The minimum absolute atomic E-state index is 0.0374. The molecule has 1 aliphatic heterocycles. The molecular weight excluding hydrogens is 457 g/mol. The molecule has 1 aromatic rings. The number of piperazine rings is 1. The third kappa shape index (κ3) is 7.32. The van der Waals surface area contributed by atoms with E-state index in [1.807, 2.05) is 4.90 Å². The van der Waals surface area contributed by atoms with Crippen molar-refractivity contribution in [1.82, 2.24) is 15.1 Å². The summed E-state index contributed by atoms with van der Waals surface area (Å²) in [5.41, 5.74) is -0.927. The maximum atomic E-state index is 13.0. The fourth-order valence-electron chi connectivity index (χ4n) is 4.57. The normalized spacial score (nSPS) is 25.0. The summed E-state index contributed by atoms with van der Waals surface area (Å²) in [4.78, 5) is 28.8. The zero-order valence-electron chi connectivity index (χ0n) is 19.1. The van der Waals surface area contributed by atoms with Crippen molar-refractivity contribution < 1.29 is 22.8 Å². The van der Waals surface area contributed by atoms with Crippen molar-refractivity contribution in [3.05, 3.63) is 28.8 Å². The Bertz CT molecular complexity index is 843. The number of alkyl halides is 3. The molecule has 0 bridgehead atoms. The number of benzene rings is 1. The third-order valence-electron chi connectivity index (χ3n) is 6.81. The molecule has 6 nitrogen and oxygen atoms in total. The van der Waals surface area contributed by atoms with Gasteiger partial charge in [0.2, 0.25) is 11.8 Å². The number of hydrogen-bond donors (Lipinski definition) is 2. The Balaban J connectivity index is 1.41. The second-order valence-electron chi connectivity index (χ2n) is 9.23. The van der Waals surface area contributed by atoms with Crippen LogP contribution in [0, 0.1) is 11.8 Å². The summed E-state index contributed by atoms with van der Waals surface area (Å²) in [6.45, 7) is 7.35. The zero-order chi connectivity index (χ0) is 24.2. The van der Waals surface area contributed by atoms with Crippen molar-refractivity contribution in [2.45, 2.75) is 45.3 Å². The first-order chi connectivity index (χ1) is 15.5. The summed E-state index contributed by atoms with van der Waals surface area (Å²) in [6, 6.07) is 3.54. The van der Waals surface area contributed by atoms with Gasteiger partial charge >= 0.3 is 6.18 Å². The molecular formula is C23H32ClF3N4O2. The molecule has 10 heteroatoms. The van der Waals surface area contributed by atoms with Crippen molar-refractivity contribution in [1.29, 1.82) is 0 Å². The van der Waals surface area contributed by atoms with Gasteiger partial charge in [0.05, 0.1) is 23.7 Å². The quantitative estimate of drug-likeness (QED) is 0.638. The summed E-state index contributed by atoms with van der Waals surface area (Å²) in [7, 11) is 0. The van der Waals surface area contributed by atoms with E-state index in [4.69, 9.17) is 11.6 Å². The van der Waals surface area contributed by atoms with Gasteiger partial charge in [-0.25, -0.2) is 0 Å². The number of nitrogens with zero attached hydrogens (tertiary/aromatic N) is 2. The van der Waals surface area contributed by atoms with Crippen LogP contribution in [-0.2, 0) is 15.8 Å². The summed E-state index contributed by atoms with van der Waals surface area (Å²) in [5, 5.41) is 5.29. The number of rotatable bonds is 6. The molecule has 1 heterocycles. The molecule has 3 atom stereocenters. The predicted molar refractivity (Wildman–Crippen MR) is 122 cm³/mol. The van der Waals surface area contributed by atoms with Gasteiger partial charge in [-0.3, -0.25) is 19.4 Å². The van der Waals surface area contributed by atoms with Gasteiger partial charge in [-0.2, -0.15) is 13.2 Å². The fourth-order valence-corrected chi connectivity index (χ4v) is 4.80. The minimum Gasteiger partial charge on any atom is -0.352 e. The number of anilines is 1. The van der Waals surface area contributed by atoms with Crippen LogP contribution in [0.3, 0.4) is 0 Å². The summed E-state index contributed by atoms with van der Waals surface area (Å²) in [5.74, 6) is 0.741. The van der Waals surface area contributed by atoms with Crippen molar-refractivity contribution in [3.8, 4) is 0 Å². The largest absolute Gasteiger partial charge is 0.417 e. The van der Waals surface area contributed by atoms with E-state index in [0.29, 0.717) is 44.6 Å². The average Bonchev–Trinajstić information content (AvgIpc) is 2.73. The van der Waals surface area contributed by atoms with E-state index < -0.39 is 22.7 Å². The van der Waals surface area contributed by atoms with E-state index in [1.165, 1.54) is 12.5 Å². The molecule has 0 spiro atoms. The van der Waals surface area contributed by atoms with Crippen molar-refractivity contribution >= 4 is 29.1 Å². The van der Waals surface area contributed by atoms with Crippen LogP contribution in [0.25, 0.3) is 0 Å². The molecule has 2 amide bonds. The first-order valence-electron chi connectivity index (χ1n) is 11.4. The van der Waals surface area contributed by atoms with E-state index in [9.17, 15) is 22.8 Å². The van der Waals surface area contributed by atoms with Crippen LogP contribution in [0.2, 0.25) is 5.02 Å². The second-order valence-corrected chi connectivity index (χ2v) is 9.64. The molecule has 2 N–H and O–H groups in total. The van der Waals surface area contributed by atoms with E-state index in [2.05, 4.69) is 29.4 Å². The summed E-state index contributed by atoms with van der Waals surface area (Å²) in [6.07, 6.45) is -1.21. The lowest BCUT2D eigenvalue weighted by Gasteiger charge is -2.36. The Kier molecular flexibility index (Phi) is 8.64. The molecule has 1 aliphatic carbocycles. The highest BCUT2D eigenvalue weighted by atomic mass is 35.5. The van der Waals surface area contributed by atoms with Gasteiger partial charge in [-0.15, -0.1) is 0 Å². The van der Waals surface area contributed by atoms with Crippen LogP contribution in [0.4, 0.5) is 18.9 Å². The lowest BCUT2D eigenvalue weighted by atomic mass is 9.78. The van der Waals surface area contributed by atoms with Crippen molar-refractivity contribution in [2.24, 2.45) is 11.8 Å². The number of carbonyl (C=O) groups excluding carboxylic acids is 2. The Morgan fingerprint density at radius 1 is 1.03 bits per heavy atom. The maximum Gasteiger partial charge on any atom is 0.417 e. The smallest absolute Gasteiger partial charge is 0.352 e. The van der Waals surface area contributed by atoms with Gasteiger partial charge in [0.15, 0.2) is 0 Å². The van der Waals surface area contributed by atoms with E-state index in [1.54, 1.807) is 0 Å². The molecule has 184 valence electrons. The molecule has 33 heavy (non-hydrogen) atoms. The highest BCUT2D eigenvalue weighted by Crippen LogP contribution is 2.36. The Labute approximate surface area is 197 Å². The first-order valence-corrected chi connectivity index (χ1v) is 11.8. The van der Waals surface area contributed by atoms with E-state index >= 15 is 0 Å². The number of halogens is 4. The molecule has 3 rings (SSSR count). The van der Waals surface area contributed by atoms with Crippen LogP contribution in [0.5, 0.6) is 0 Å². The highest BCUT2D eigenvalue weighted by molar-refractivity contribution is 6.31. The van der Waals surface area contributed by atoms with Crippen LogP contribution < -0.4 is 10.6 Å². The lowest BCUT2D eigenvalue weighted by molar-refractivity contribution is -0.137. The van der Waals surface area contributed by atoms with Gasteiger partial charge < -0.3 is 10.6 Å². The molecule has 2 fully saturated rings. The van der Waals surface area contributed by atoms with Crippen LogP contribution in [-0.4, -0.2) is 66.9 Å². The molecule has 0 aromatic heterocycles. The topological polar surface area (TPSA) is 64.7 Å². The standard InChI is InChI=1S/C23H32ClF3N4O2/c1-15-4-3-5-20(16(15)2)29-22(33)14-31-10-8-30(9-11-31)13-21(32)28-17-6-7-19(24)18(12-17)23(25,26)27/h6-7,12,15-16,20H,3-5,8-11,13-14H2,1-2H3,(H,28,32)(H,29,33)/t15-,16+,20-/m1/s1. The van der Waals surface area contributed by atoms with Gasteiger partial charge in [-0.05, 0) is 36.5 Å². The summed E-state index contributed by atoms with van der Waals surface area (Å²) >= 11 is 5.62. The minimum atomic E-state index is -4.59. The Morgan fingerprint density at radius 2 is 1.64 bits per heavy atom. The number of nitrogens with one attached hydrogen (secondary N) is 2. The third-order valence-corrected chi connectivity index (χ3v) is 7.14. The molecule has 1 saturated carbocycles. The number of carbonyl (C=O) groups is 2. The van der Waals surface area contributed by atoms with E-state index in [-0.39, 0.29) is 24.2 Å². The van der Waals surface area contributed by atoms with Gasteiger partial charge in [-0.1, -0.05) is 38.3 Å². The lowest BCUT2D eigenvalue weighted by Crippen LogP contribution is -2.52. The highest BCUT2D eigenvalue weighted by Gasteiger charge is 2.33. The first kappa shape index (κ1) is 25.8. The molecule has 1 aromatic carbocycles. The van der Waals surface area contributed by atoms with Crippen molar-refractivity contribution in [3.63, 3.8) is 0 Å². The number of hydrogen-bond acceptors (Lipinski definition) is 4. The molecule has 1 saturated heterocycles. The molecule has 2 aliphatic rings. The Hall–Kier alpha value is -1.84. The summed E-state index contributed by atoms with van der Waals surface area (Å²) < 4.78 is 39.0. The van der Waals surface area contributed by atoms with E-state index in [0.717, 1.165) is 25.0 Å². The second kappa shape index (κ2) is 11.1. The van der Waals surface area contributed by atoms with Crippen LogP contribution in [0.1, 0.15) is 38.7 Å². The average molecular weight is 489 g/mol.